The van der Waals surface area contributed by atoms with E-state index >= 15 is 0 Å². The van der Waals surface area contributed by atoms with Crippen molar-refractivity contribution in [2.24, 2.45) is 5.73 Å². The van der Waals surface area contributed by atoms with E-state index in [2.05, 4.69) is 5.32 Å². The normalized spacial score (nSPS) is 10.1. The Hall–Kier alpha value is -0.870. The Bertz CT molecular complexity index is 259. The number of hydrogen-bond acceptors (Lipinski definition) is 3. The molecule has 0 radical (unpaired) electrons. The van der Waals surface area contributed by atoms with Crippen molar-refractivity contribution in [2.75, 3.05) is 6.54 Å². The largest absolute Gasteiger partial charge is 0.352 e. The summed E-state index contributed by atoms with van der Waals surface area (Å²) in [4.78, 5) is 11.3. The molecule has 1 rings (SSSR count). The maximum atomic E-state index is 11.3. The first kappa shape index (κ1) is 11.2. The number of thiophene rings is 1. The lowest BCUT2D eigenvalue weighted by molar-refractivity contribution is -0.121. The highest BCUT2D eigenvalue weighted by atomic mass is 32.1. The van der Waals surface area contributed by atoms with E-state index in [1.807, 2.05) is 16.8 Å². The van der Waals surface area contributed by atoms with Crippen LogP contribution in [0, 0.1) is 0 Å². The monoisotopic (exact) mass is 212 g/mol. The fraction of sp³-hybridized carbons (Fsp3) is 0.500. The van der Waals surface area contributed by atoms with Gasteiger partial charge >= 0.3 is 0 Å². The quantitative estimate of drug-likeness (QED) is 0.702. The SMILES string of the molecule is NCCCCC(=O)NCc1ccsc1. The molecule has 1 aromatic rings. The van der Waals surface area contributed by atoms with Gasteiger partial charge in [-0.3, -0.25) is 4.79 Å². The molecule has 0 spiro atoms. The van der Waals surface area contributed by atoms with E-state index in [0.29, 0.717) is 19.5 Å². The van der Waals surface area contributed by atoms with Crippen molar-refractivity contribution in [3.63, 3.8) is 0 Å². The molecule has 0 atom stereocenters. The van der Waals surface area contributed by atoms with Crippen molar-refractivity contribution in [3.8, 4) is 0 Å². The van der Waals surface area contributed by atoms with Crippen LogP contribution in [0.1, 0.15) is 24.8 Å². The lowest BCUT2D eigenvalue weighted by atomic mass is 10.2. The van der Waals surface area contributed by atoms with Gasteiger partial charge in [-0.2, -0.15) is 11.3 Å². The van der Waals surface area contributed by atoms with Gasteiger partial charge in [0.1, 0.15) is 0 Å². The minimum Gasteiger partial charge on any atom is -0.352 e. The molecule has 0 fully saturated rings. The van der Waals surface area contributed by atoms with E-state index in [-0.39, 0.29) is 5.91 Å². The standard InChI is InChI=1S/C10H16N2OS/c11-5-2-1-3-10(13)12-7-9-4-6-14-8-9/h4,6,8H,1-3,5,7,11H2,(H,12,13). The van der Waals surface area contributed by atoms with E-state index in [4.69, 9.17) is 5.73 Å². The average molecular weight is 212 g/mol. The third-order valence-corrected chi connectivity index (χ3v) is 2.66. The number of nitrogens with one attached hydrogen (secondary N) is 1. The first-order valence-corrected chi connectivity index (χ1v) is 5.75. The Kier molecular flexibility index (Phi) is 5.25. The smallest absolute Gasteiger partial charge is 0.220 e. The summed E-state index contributed by atoms with van der Waals surface area (Å²) in [5.74, 6) is 0.115. The van der Waals surface area contributed by atoms with Gasteiger partial charge in [-0.15, -0.1) is 0 Å². The van der Waals surface area contributed by atoms with Crippen LogP contribution in [-0.2, 0) is 11.3 Å². The Labute approximate surface area is 88.3 Å². The second-order valence-corrected chi connectivity index (χ2v) is 3.93. The highest BCUT2D eigenvalue weighted by molar-refractivity contribution is 7.07. The lowest BCUT2D eigenvalue weighted by Gasteiger charge is -2.02. The third kappa shape index (κ3) is 4.39. The summed E-state index contributed by atoms with van der Waals surface area (Å²) in [6, 6.07) is 2.02. The molecule has 4 heteroatoms. The molecular weight excluding hydrogens is 196 g/mol. The highest BCUT2D eigenvalue weighted by Crippen LogP contribution is 2.05. The fourth-order valence-electron chi connectivity index (χ4n) is 1.11. The molecule has 0 unspecified atom stereocenters. The number of rotatable bonds is 6. The Morgan fingerprint density at radius 1 is 1.50 bits per heavy atom. The van der Waals surface area contributed by atoms with Crippen LogP contribution in [0.15, 0.2) is 16.8 Å². The van der Waals surface area contributed by atoms with Crippen molar-refractivity contribution < 1.29 is 4.79 Å². The van der Waals surface area contributed by atoms with Crippen LogP contribution >= 0.6 is 11.3 Å². The molecule has 0 saturated heterocycles. The Morgan fingerprint density at radius 3 is 3.00 bits per heavy atom. The van der Waals surface area contributed by atoms with Crippen molar-refractivity contribution >= 4 is 17.2 Å². The average Bonchev–Trinajstić information content (AvgIpc) is 2.68. The molecule has 0 aliphatic carbocycles. The molecule has 0 saturated carbocycles. The van der Waals surface area contributed by atoms with Gasteiger partial charge in [-0.05, 0) is 41.8 Å². The summed E-state index contributed by atoms with van der Waals surface area (Å²) in [5, 5.41) is 6.92. The van der Waals surface area contributed by atoms with Crippen LogP contribution in [0.2, 0.25) is 0 Å². The van der Waals surface area contributed by atoms with Gasteiger partial charge in [-0.1, -0.05) is 0 Å². The molecule has 0 aromatic carbocycles. The fourth-order valence-corrected chi connectivity index (χ4v) is 1.78. The third-order valence-electron chi connectivity index (χ3n) is 1.93. The van der Waals surface area contributed by atoms with Crippen molar-refractivity contribution in [1.29, 1.82) is 0 Å². The number of hydrogen-bond donors (Lipinski definition) is 2. The predicted octanol–water partition coefficient (Wildman–Crippen LogP) is 1.49. The summed E-state index contributed by atoms with van der Waals surface area (Å²) in [6.07, 6.45) is 2.39. The minimum absolute atomic E-state index is 0.115. The second kappa shape index (κ2) is 6.56. The maximum absolute atomic E-state index is 11.3. The summed E-state index contributed by atoms with van der Waals surface area (Å²) >= 11 is 1.64. The van der Waals surface area contributed by atoms with E-state index in [9.17, 15) is 4.79 Å². The summed E-state index contributed by atoms with van der Waals surface area (Å²) in [5.41, 5.74) is 6.50. The van der Waals surface area contributed by atoms with Gasteiger partial charge in [0.15, 0.2) is 0 Å². The van der Waals surface area contributed by atoms with Crippen LogP contribution < -0.4 is 11.1 Å². The van der Waals surface area contributed by atoms with E-state index in [1.165, 1.54) is 5.56 Å². The topological polar surface area (TPSA) is 55.1 Å². The molecule has 1 aromatic heterocycles. The maximum Gasteiger partial charge on any atom is 0.220 e. The number of carbonyl (C=O) groups is 1. The summed E-state index contributed by atoms with van der Waals surface area (Å²) < 4.78 is 0. The van der Waals surface area contributed by atoms with Crippen LogP contribution in [-0.4, -0.2) is 12.5 Å². The predicted molar refractivity (Wildman–Crippen MR) is 59.1 cm³/mol. The molecule has 0 bridgehead atoms. The van der Waals surface area contributed by atoms with Crippen molar-refractivity contribution in [2.45, 2.75) is 25.8 Å². The molecule has 1 amide bonds. The number of amides is 1. The molecule has 3 N–H and O–H groups in total. The van der Waals surface area contributed by atoms with Gasteiger partial charge in [0.05, 0.1) is 0 Å². The highest BCUT2D eigenvalue weighted by Gasteiger charge is 2.00. The van der Waals surface area contributed by atoms with Crippen LogP contribution in [0.25, 0.3) is 0 Å². The van der Waals surface area contributed by atoms with Crippen molar-refractivity contribution in [1.82, 2.24) is 5.32 Å². The Balaban J connectivity index is 2.09. The molecule has 0 aliphatic heterocycles. The molecule has 78 valence electrons. The summed E-state index contributed by atoms with van der Waals surface area (Å²) in [7, 11) is 0. The van der Waals surface area contributed by atoms with Crippen LogP contribution in [0.3, 0.4) is 0 Å². The van der Waals surface area contributed by atoms with Crippen molar-refractivity contribution in [3.05, 3.63) is 22.4 Å². The van der Waals surface area contributed by atoms with Crippen LogP contribution in [0.4, 0.5) is 0 Å². The number of carbonyl (C=O) groups excluding carboxylic acids is 1. The zero-order chi connectivity index (χ0) is 10.2. The zero-order valence-electron chi connectivity index (χ0n) is 8.16. The van der Waals surface area contributed by atoms with Gasteiger partial charge < -0.3 is 11.1 Å². The van der Waals surface area contributed by atoms with Crippen LogP contribution in [0.5, 0.6) is 0 Å². The van der Waals surface area contributed by atoms with E-state index < -0.39 is 0 Å². The number of unbranched alkanes of at least 4 members (excludes halogenated alkanes) is 1. The number of nitrogens with two attached hydrogens (primary N) is 1. The molecule has 14 heavy (non-hydrogen) atoms. The zero-order valence-corrected chi connectivity index (χ0v) is 8.98. The minimum atomic E-state index is 0.115. The van der Waals surface area contributed by atoms with E-state index in [1.54, 1.807) is 11.3 Å². The van der Waals surface area contributed by atoms with Gasteiger partial charge in [0.25, 0.3) is 0 Å². The Morgan fingerprint density at radius 2 is 2.36 bits per heavy atom. The summed E-state index contributed by atoms with van der Waals surface area (Å²) in [6.45, 7) is 1.31. The molecule has 0 aliphatic rings. The lowest BCUT2D eigenvalue weighted by Crippen LogP contribution is -2.22. The molecule has 3 nitrogen and oxygen atoms in total. The molecule has 1 heterocycles. The first-order chi connectivity index (χ1) is 6.83. The van der Waals surface area contributed by atoms with Gasteiger partial charge in [0.2, 0.25) is 5.91 Å². The molecular formula is C10H16N2OS. The second-order valence-electron chi connectivity index (χ2n) is 3.15. The first-order valence-electron chi connectivity index (χ1n) is 4.81. The van der Waals surface area contributed by atoms with E-state index in [0.717, 1.165) is 12.8 Å². The van der Waals surface area contributed by atoms with Gasteiger partial charge in [0, 0.05) is 13.0 Å². The van der Waals surface area contributed by atoms with Gasteiger partial charge in [-0.25, -0.2) is 0 Å².